The van der Waals surface area contributed by atoms with E-state index < -0.39 is 0 Å². The molecule has 1 aromatic carbocycles. The molecule has 0 radical (unpaired) electrons. The number of nitrogens with one attached hydrogen (secondary N) is 2. The summed E-state index contributed by atoms with van der Waals surface area (Å²) in [6.07, 6.45) is 0. The van der Waals surface area contributed by atoms with Crippen LogP contribution in [0.2, 0.25) is 5.02 Å². The average molecular weight is 270 g/mol. The third-order valence-corrected chi connectivity index (χ3v) is 2.70. The SMILES string of the molecule is CC(C)CNC(=O)C(C)Nc1ccc(Cl)cc1N. The van der Waals surface area contributed by atoms with E-state index in [4.69, 9.17) is 17.3 Å². The zero-order chi connectivity index (χ0) is 13.7. The van der Waals surface area contributed by atoms with Crippen molar-refractivity contribution in [3.05, 3.63) is 23.2 Å². The molecule has 0 fully saturated rings. The number of hydrogen-bond acceptors (Lipinski definition) is 3. The fourth-order valence-electron chi connectivity index (χ4n) is 1.42. The number of carbonyl (C=O) groups excluding carboxylic acids is 1. The number of rotatable bonds is 5. The van der Waals surface area contributed by atoms with Crippen LogP contribution >= 0.6 is 11.6 Å². The van der Waals surface area contributed by atoms with Gasteiger partial charge in [-0.05, 0) is 31.0 Å². The molecule has 0 aliphatic rings. The lowest BCUT2D eigenvalue weighted by atomic mass is 10.2. The minimum atomic E-state index is -0.341. The highest BCUT2D eigenvalue weighted by Crippen LogP contribution is 2.23. The molecule has 4 N–H and O–H groups in total. The molecule has 100 valence electrons. The van der Waals surface area contributed by atoms with Gasteiger partial charge in [-0.15, -0.1) is 0 Å². The van der Waals surface area contributed by atoms with E-state index in [2.05, 4.69) is 24.5 Å². The van der Waals surface area contributed by atoms with Gasteiger partial charge < -0.3 is 16.4 Å². The van der Waals surface area contributed by atoms with Crippen LogP contribution < -0.4 is 16.4 Å². The van der Waals surface area contributed by atoms with Gasteiger partial charge >= 0.3 is 0 Å². The summed E-state index contributed by atoms with van der Waals surface area (Å²) in [6, 6.07) is 4.82. The average Bonchev–Trinajstić information content (AvgIpc) is 2.29. The molecule has 4 nitrogen and oxygen atoms in total. The molecule has 1 unspecified atom stereocenters. The van der Waals surface area contributed by atoms with E-state index in [1.807, 2.05) is 0 Å². The van der Waals surface area contributed by atoms with Crippen molar-refractivity contribution in [3.8, 4) is 0 Å². The molecule has 1 amide bonds. The minimum Gasteiger partial charge on any atom is -0.397 e. The van der Waals surface area contributed by atoms with E-state index in [0.717, 1.165) is 0 Å². The molecule has 0 bridgehead atoms. The van der Waals surface area contributed by atoms with Crippen molar-refractivity contribution < 1.29 is 4.79 Å². The minimum absolute atomic E-state index is 0.0435. The fourth-order valence-corrected chi connectivity index (χ4v) is 1.60. The van der Waals surface area contributed by atoms with Gasteiger partial charge in [-0.3, -0.25) is 4.79 Å². The first kappa shape index (κ1) is 14.6. The van der Waals surface area contributed by atoms with E-state index in [1.165, 1.54) is 0 Å². The standard InChI is InChI=1S/C13H20ClN3O/c1-8(2)7-16-13(18)9(3)17-12-5-4-10(14)6-11(12)15/h4-6,8-9,17H,7,15H2,1-3H3,(H,16,18). The number of anilines is 2. The molecule has 1 atom stereocenters. The van der Waals surface area contributed by atoms with Gasteiger partial charge in [0.15, 0.2) is 0 Å². The molecular weight excluding hydrogens is 250 g/mol. The smallest absolute Gasteiger partial charge is 0.242 e. The lowest BCUT2D eigenvalue weighted by molar-refractivity contribution is -0.121. The summed E-state index contributed by atoms with van der Waals surface area (Å²) in [6.45, 7) is 6.57. The second-order valence-electron chi connectivity index (χ2n) is 4.74. The Hall–Kier alpha value is -1.42. The van der Waals surface area contributed by atoms with Gasteiger partial charge in [0.25, 0.3) is 0 Å². The molecule has 0 aliphatic heterocycles. The van der Waals surface area contributed by atoms with Gasteiger partial charge in [0, 0.05) is 11.6 Å². The first-order chi connectivity index (χ1) is 8.40. The van der Waals surface area contributed by atoms with Crippen LogP contribution in [0.4, 0.5) is 11.4 Å². The van der Waals surface area contributed by atoms with Crippen LogP contribution in [0.15, 0.2) is 18.2 Å². The number of nitrogen functional groups attached to an aromatic ring is 1. The molecular formula is C13H20ClN3O. The normalized spacial score (nSPS) is 12.3. The second-order valence-corrected chi connectivity index (χ2v) is 5.17. The Morgan fingerprint density at radius 1 is 1.39 bits per heavy atom. The van der Waals surface area contributed by atoms with Crippen LogP contribution in [0.3, 0.4) is 0 Å². The van der Waals surface area contributed by atoms with Gasteiger partial charge in [-0.2, -0.15) is 0 Å². The number of carbonyl (C=O) groups is 1. The quantitative estimate of drug-likeness (QED) is 0.720. The van der Waals surface area contributed by atoms with Crippen LogP contribution in [0.25, 0.3) is 0 Å². The number of halogens is 1. The highest BCUT2D eigenvalue weighted by molar-refractivity contribution is 6.31. The van der Waals surface area contributed by atoms with Crippen molar-refractivity contribution in [2.24, 2.45) is 5.92 Å². The van der Waals surface area contributed by atoms with Crippen LogP contribution in [0.1, 0.15) is 20.8 Å². The van der Waals surface area contributed by atoms with Crippen LogP contribution in [-0.4, -0.2) is 18.5 Å². The third kappa shape index (κ3) is 4.45. The third-order valence-electron chi connectivity index (χ3n) is 2.46. The number of amides is 1. The van der Waals surface area contributed by atoms with E-state index in [0.29, 0.717) is 28.9 Å². The summed E-state index contributed by atoms with van der Waals surface area (Å²) in [5.74, 6) is 0.389. The maximum absolute atomic E-state index is 11.8. The topological polar surface area (TPSA) is 67.2 Å². The first-order valence-corrected chi connectivity index (χ1v) is 6.37. The largest absolute Gasteiger partial charge is 0.397 e. The summed E-state index contributed by atoms with van der Waals surface area (Å²) in [5.41, 5.74) is 7.06. The van der Waals surface area contributed by atoms with Crippen LogP contribution in [0, 0.1) is 5.92 Å². The van der Waals surface area contributed by atoms with Gasteiger partial charge in [-0.25, -0.2) is 0 Å². The molecule has 0 saturated heterocycles. The van der Waals surface area contributed by atoms with Gasteiger partial charge in [0.1, 0.15) is 6.04 Å². The van der Waals surface area contributed by atoms with Crippen molar-refractivity contribution in [2.75, 3.05) is 17.6 Å². The van der Waals surface area contributed by atoms with Crippen molar-refractivity contribution in [3.63, 3.8) is 0 Å². The maximum atomic E-state index is 11.8. The lowest BCUT2D eigenvalue weighted by Crippen LogP contribution is -2.39. The van der Waals surface area contributed by atoms with Crippen LogP contribution in [0.5, 0.6) is 0 Å². The Bertz CT molecular complexity index is 421. The van der Waals surface area contributed by atoms with Gasteiger partial charge in [0.05, 0.1) is 11.4 Å². The summed E-state index contributed by atoms with van der Waals surface area (Å²) in [5, 5.41) is 6.51. The maximum Gasteiger partial charge on any atom is 0.242 e. The zero-order valence-electron chi connectivity index (χ0n) is 11.0. The molecule has 0 spiro atoms. The Kier molecular flexibility index (Phi) is 5.28. The van der Waals surface area contributed by atoms with Gasteiger partial charge in [-0.1, -0.05) is 25.4 Å². The van der Waals surface area contributed by atoms with E-state index in [1.54, 1.807) is 25.1 Å². The molecule has 1 aromatic rings. The molecule has 0 saturated carbocycles. The molecule has 1 rings (SSSR count). The number of nitrogens with two attached hydrogens (primary N) is 1. The molecule has 0 aliphatic carbocycles. The van der Waals surface area contributed by atoms with Crippen molar-refractivity contribution in [1.29, 1.82) is 0 Å². The Morgan fingerprint density at radius 3 is 2.61 bits per heavy atom. The summed E-state index contributed by atoms with van der Waals surface area (Å²) >= 11 is 5.81. The summed E-state index contributed by atoms with van der Waals surface area (Å²) < 4.78 is 0. The monoisotopic (exact) mass is 269 g/mol. The Morgan fingerprint density at radius 2 is 2.06 bits per heavy atom. The predicted molar refractivity (Wildman–Crippen MR) is 76.8 cm³/mol. The first-order valence-electron chi connectivity index (χ1n) is 5.99. The highest BCUT2D eigenvalue weighted by atomic mass is 35.5. The Balaban J connectivity index is 2.58. The lowest BCUT2D eigenvalue weighted by Gasteiger charge is -2.17. The van der Waals surface area contributed by atoms with E-state index >= 15 is 0 Å². The predicted octanol–water partition coefficient (Wildman–Crippen LogP) is 2.49. The highest BCUT2D eigenvalue weighted by Gasteiger charge is 2.13. The zero-order valence-corrected chi connectivity index (χ0v) is 11.7. The fraction of sp³-hybridized carbons (Fsp3) is 0.462. The van der Waals surface area contributed by atoms with Crippen LogP contribution in [-0.2, 0) is 4.79 Å². The second kappa shape index (κ2) is 6.50. The van der Waals surface area contributed by atoms with Crippen molar-refractivity contribution in [2.45, 2.75) is 26.8 Å². The molecule has 5 heteroatoms. The molecule has 0 aromatic heterocycles. The van der Waals surface area contributed by atoms with Crippen molar-refractivity contribution >= 4 is 28.9 Å². The molecule has 18 heavy (non-hydrogen) atoms. The summed E-state index contributed by atoms with van der Waals surface area (Å²) in [7, 11) is 0. The molecule has 0 heterocycles. The number of hydrogen-bond donors (Lipinski definition) is 3. The number of benzene rings is 1. The van der Waals surface area contributed by atoms with Gasteiger partial charge in [0.2, 0.25) is 5.91 Å². The Labute approximate surface area is 113 Å². The van der Waals surface area contributed by atoms with Crippen molar-refractivity contribution in [1.82, 2.24) is 5.32 Å². The summed E-state index contributed by atoms with van der Waals surface area (Å²) in [4.78, 5) is 11.8. The van der Waals surface area contributed by atoms with E-state index in [-0.39, 0.29) is 11.9 Å². The van der Waals surface area contributed by atoms with E-state index in [9.17, 15) is 4.79 Å².